The summed E-state index contributed by atoms with van der Waals surface area (Å²) in [4.78, 5) is 24.2. The predicted molar refractivity (Wildman–Crippen MR) is 82.5 cm³/mol. The summed E-state index contributed by atoms with van der Waals surface area (Å²) in [6.07, 6.45) is 3.87. The first-order chi connectivity index (χ1) is 10.8. The van der Waals surface area contributed by atoms with Crippen molar-refractivity contribution in [1.29, 1.82) is 0 Å². The van der Waals surface area contributed by atoms with Gasteiger partial charge in [-0.15, -0.1) is 0 Å². The van der Waals surface area contributed by atoms with Crippen LogP contribution >= 0.6 is 0 Å². The second-order valence-corrected chi connectivity index (χ2v) is 6.18. The van der Waals surface area contributed by atoms with E-state index in [0.29, 0.717) is 12.8 Å². The van der Waals surface area contributed by atoms with Crippen molar-refractivity contribution in [3.05, 3.63) is 35.4 Å². The van der Waals surface area contributed by atoms with Gasteiger partial charge >= 0.3 is 0 Å². The Labute approximate surface area is 134 Å². The van der Waals surface area contributed by atoms with Crippen LogP contribution in [0, 0.1) is 11.6 Å². The van der Waals surface area contributed by atoms with E-state index < -0.39 is 23.2 Å². The van der Waals surface area contributed by atoms with Gasteiger partial charge in [-0.3, -0.25) is 9.59 Å². The smallest absolute Gasteiger partial charge is 0.246 e. The summed E-state index contributed by atoms with van der Waals surface area (Å²) in [7, 11) is 0. The summed E-state index contributed by atoms with van der Waals surface area (Å²) in [6, 6.07) is 2.66. The second-order valence-electron chi connectivity index (χ2n) is 6.18. The van der Waals surface area contributed by atoms with Crippen LogP contribution in [0.2, 0.25) is 0 Å². The van der Waals surface area contributed by atoms with Crippen LogP contribution in [-0.4, -0.2) is 17.4 Å². The average Bonchev–Trinajstić information content (AvgIpc) is 2.47. The Hall–Kier alpha value is -1.98. The molecule has 0 aromatic heterocycles. The molecule has 6 heteroatoms. The van der Waals surface area contributed by atoms with Crippen LogP contribution in [-0.2, 0) is 9.59 Å². The third kappa shape index (κ3) is 4.06. The highest BCUT2D eigenvalue weighted by Gasteiger charge is 2.40. The lowest BCUT2D eigenvalue weighted by Gasteiger charge is -2.37. The molecule has 0 unspecified atom stereocenters. The molecule has 0 radical (unpaired) electrons. The van der Waals surface area contributed by atoms with E-state index in [9.17, 15) is 18.4 Å². The van der Waals surface area contributed by atoms with Gasteiger partial charge in [0, 0.05) is 18.6 Å². The van der Waals surface area contributed by atoms with Crippen molar-refractivity contribution in [2.45, 2.75) is 57.5 Å². The lowest BCUT2D eigenvalue weighted by molar-refractivity contribution is -0.134. The molecule has 1 aromatic rings. The van der Waals surface area contributed by atoms with Crippen molar-refractivity contribution in [3.8, 4) is 0 Å². The third-order valence-electron chi connectivity index (χ3n) is 4.33. The Balaban J connectivity index is 2.15. The van der Waals surface area contributed by atoms with E-state index >= 15 is 0 Å². The monoisotopic (exact) mass is 324 g/mol. The second kappa shape index (κ2) is 7.06. The minimum Gasteiger partial charge on any atom is -0.347 e. The molecule has 0 heterocycles. The number of carbonyl (C=O) groups is 2. The predicted octanol–water partition coefficient (Wildman–Crippen LogP) is 2.98. The molecule has 1 aliphatic carbocycles. The van der Waals surface area contributed by atoms with Crippen molar-refractivity contribution >= 4 is 11.8 Å². The average molecular weight is 324 g/mol. The topological polar surface area (TPSA) is 58.2 Å². The molecule has 0 spiro atoms. The molecule has 0 aliphatic heterocycles. The molecule has 2 N–H and O–H groups in total. The summed E-state index contributed by atoms with van der Waals surface area (Å²) >= 11 is 0. The van der Waals surface area contributed by atoms with Gasteiger partial charge < -0.3 is 10.6 Å². The highest BCUT2D eigenvalue weighted by atomic mass is 19.1. The standard InChI is InChI=1S/C17H22F2N2O2/c1-11(14-7-6-13(18)10-15(14)19)20-16(23)17(21-12(2)22)8-4-3-5-9-17/h6-7,10-11H,3-5,8-9H2,1-2H3,(H,20,23)(H,21,22)/t11-/m0/s1. The van der Waals surface area contributed by atoms with Gasteiger partial charge in [0.05, 0.1) is 6.04 Å². The normalized spacial score (nSPS) is 18.1. The molecule has 2 rings (SSSR count). The summed E-state index contributed by atoms with van der Waals surface area (Å²) in [5.41, 5.74) is -0.719. The molecule has 126 valence electrons. The summed E-state index contributed by atoms with van der Waals surface area (Å²) < 4.78 is 26.8. The van der Waals surface area contributed by atoms with Crippen LogP contribution < -0.4 is 10.6 Å². The molecular weight excluding hydrogens is 302 g/mol. The van der Waals surface area contributed by atoms with E-state index in [1.165, 1.54) is 13.0 Å². The van der Waals surface area contributed by atoms with Gasteiger partial charge in [-0.25, -0.2) is 8.78 Å². The van der Waals surface area contributed by atoms with Gasteiger partial charge in [-0.05, 0) is 25.8 Å². The van der Waals surface area contributed by atoms with Gasteiger partial charge in [0.1, 0.15) is 17.2 Å². The molecule has 1 aliphatic rings. The van der Waals surface area contributed by atoms with Gasteiger partial charge in [-0.2, -0.15) is 0 Å². The van der Waals surface area contributed by atoms with E-state index in [4.69, 9.17) is 0 Å². The Morgan fingerprint density at radius 1 is 1.17 bits per heavy atom. The molecular formula is C17H22F2N2O2. The first-order valence-electron chi connectivity index (χ1n) is 7.89. The fourth-order valence-corrected chi connectivity index (χ4v) is 3.17. The third-order valence-corrected chi connectivity index (χ3v) is 4.33. The molecule has 1 atom stereocenters. The van der Waals surface area contributed by atoms with Crippen LogP contribution in [0.1, 0.15) is 57.6 Å². The van der Waals surface area contributed by atoms with Crippen molar-refractivity contribution in [1.82, 2.24) is 10.6 Å². The molecule has 2 amide bonds. The lowest BCUT2D eigenvalue weighted by atomic mass is 9.80. The first kappa shape index (κ1) is 17.4. The van der Waals surface area contributed by atoms with E-state index in [2.05, 4.69) is 10.6 Å². The largest absolute Gasteiger partial charge is 0.347 e. The highest BCUT2D eigenvalue weighted by Crippen LogP contribution is 2.29. The summed E-state index contributed by atoms with van der Waals surface area (Å²) in [6.45, 7) is 3.02. The highest BCUT2D eigenvalue weighted by molar-refractivity contribution is 5.91. The van der Waals surface area contributed by atoms with Gasteiger partial charge in [0.2, 0.25) is 11.8 Å². The van der Waals surface area contributed by atoms with Crippen molar-refractivity contribution < 1.29 is 18.4 Å². The molecule has 0 saturated heterocycles. The molecule has 4 nitrogen and oxygen atoms in total. The maximum absolute atomic E-state index is 13.8. The Morgan fingerprint density at radius 2 is 1.83 bits per heavy atom. The Bertz CT molecular complexity index is 598. The van der Waals surface area contributed by atoms with Crippen LogP contribution in [0.5, 0.6) is 0 Å². The summed E-state index contributed by atoms with van der Waals surface area (Å²) in [5.74, 6) is -1.94. The zero-order valence-electron chi connectivity index (χ0n) is 13.4. The first-order valence-corrected chi connectivity index (χ1v) is 7.89. The summed E-state index contributed by atoms with van der Waals surface area (Å²) in [5, 5.41) is 5.53. The van der Waals surface area contributed by atoms with E-state index in [-0.39, 0.29) is 17.4 Å². The minimum atomic E-state index is -0.936. The zero-order valence-corrected chi connectivity index (χ0v) is 13.4. The zero-order chi connectivity index (χ0) is 17.0. The molecule has 23 heavy (non-hydrogen) atoms. The van der Waals surface area contributed by atoms with Crippen molar-refractivity contribution in [2.75, 3.05) is 0 Å². The van der Waals surface area contributed by atoms with Gasteiger partial charge in [0.25, 0.3) is 0 Å². The minimum absolute atomic E-state index is 0.216. The molecule has 1 fully saturated rings. The Kier molecular flexibility index (Phi) is 5.34. The van der Waals surface area contributed by atoms with Crippen LogP contribution in [0.15, 0.2) is 18.2 Å². The van der Waals surface area contributed by atoms with Crippen molar-refractivity contribution in [2.24, 2.45) is 0 Å². The SMILES string of the molecule is CC(=O)NC1(C(=O)N[C@@H](C)c2ccc(F)cc2F)CCCCC1. The molecule has 1 saturated carbocycles. The number of rotatable bonds is 4. The maximum atomic E-state index is 13.8. The van der Waals surface area contributed by atoms with Gasteiger partial charge in [0.15, 0.2) is 0 Å². The number of benzene rings is 1. The number of halogens is 2. The fraction of sp³-hybridized carbons (Fsp3) is 0.529. The van der Waals surface area contributed by atoms with Crippen LogP contribution in [0.4, 0.5) is 8.78 Å². The van der Waals surface area contributed by atoms with E-state index in [0.717, 1.165) is 31.4 Å². The quantitative estimate of drug-likeness (QED) is 0.894. The van der Waals surface area contributed by atoms with E-state index in [1.54, 1.807) is 6.92 Å². The molecule has 0 bridgehead atoms. The maximum Gasteiger partial charge on any atom is 0.246 e. The van der Waals surface area contributed by atoms with E-state index in [1.807, 2.05) is 0 Å². The van der Waals surface area contributed by atoms with Gasteiger partial charge in [-0.1, -0.05) is 25.3 Å². The number of nitrogens with one attached hydrogen (secondary N) is 2. The number of hydrogen-bond donors (Lipinski definition) is 2. The molecule has 1 aromatic carbocycles. The fourth-order valence-electron chi connectivity index (χ4n) is 3.17. The Morgan fingerprint density at radius 3 is 2.39 bits per heavy atom. The number of hydrogen-bond acceptors (Lipinski definition) is 2. The lowest BCUT2D eigenvalue weighted by Crippen LogP contribution is -2.59. The number of carbonyl (C=O) groups excluding carboxylic acids is 2. The van der Waals surface area contributed by atoms with Crippen molar-refractivity contribution in [3.63, 3.8) is 0 Å². The number of amides is 2. The van der Waals surface area contributed by atoms with Crippen LogP contribution in [0.3, 0.4) is 0 Å². The van der Waals surface area contributed by atoms with Crippen LogP contribution in [0.25, 0.3) is 0 Å².